The van der Waals surface area contributed by atoms with E-state index in [-0.39, 0.29) is 0 Å². The van der Waals surface area contributed by atoms with Gasteiger partial charge in [-0.25, -0.2) is 9.48 Å². The monoisotopic (exact) mass is 236 g/mol. The SMILES string of the molecule is C[N+](C)=C(n1n[n+]([O-])c2ncccc21)[NH+](C)C. The third-order valence-corrected chi connectivity index (χ3v) is 2.42. The molecule has 0 aliphatic carbocycles. The molecule has 0 spiro atoms. The summed E-state index contributed by atoms with van der Waals surface area (Å²) in [5, 5.41) is 15.6. The van der Waals surface area contributed by atoms with Crippen LogP contribution in [-0.2, 0) is 0 Å². The molecule has 7 heteroatoms. The van der Waals surface area contributed by atoms with Crippen molar-refractivity contribution in [3.05, 3.63) is 23.5 Å². The molecule has 17 heavy (non-hydrogen) atoms. The molecule has 0 fully saturated rings. The van der Waals surface area contributed by atoms with Crippen LogP contribution in [0, 0.1) is 5.21 Å². The highest BCUT2D eigenvalue weighted by molar-refractivity contribution is 5.80. The molecule has 0 bridgehead atoms. The average Bonchev–Trinajstić information content (AvgIpc) is 2.56. The van der Waals surface area contributed by atoms with Crippen LogP contribution >= 0.6 is 0 Å². The number of aromatic nitrogens is 4. The molecule has 0 aromatic carbocycles. The number of rotatable bonds is 0. The molecule has 0 saturated carbocycles. The molecule has 2 aromatic heterocycles. The third kappa shape index (κ3) is 1.84. The molecule has 7 nitrogen and oxygen atoms in total. The Morgan fingerprint density at radius 2 is 2.18 bits per heavy atom. The average molecular weight is 236 g/mol. The van der Waals surface area contributed by atoms with Gasteiger partial charge in [0.1, 0.15) is 6.20 Å². The summed E-state index contributed by atoms with van der Waals surface area (Å²) in [5.74, 6) is 0.873. The Balaban J connectivity index is 2.76. The van der Waals surface area contributed by atoms with E-state index < -0.39 is 0 Å². The van der Waals surface area contributed by atoms with E-state index in [1.165, 1.54) is 0 Å². The van der Waals surface area contributed by atoms with E-state index >= 15 is 0 Å². The van der Waals surface area contributed by atoms with E-state index in [9.17, 15) is 5.21 Å². The van der Waals surface area contributed by atoms with Crippen LogP contribution in [0.3, 0.4) is 0 Å². The normalized spacial score (nSPS) is 11.1. The molecular formula is C10H16N6O+2. The Morgan fingerprint density at radius 3 is 2.76 bits per heavy atom. The van der Waals surface area contributed by atoms with Gasteiger partial charge in [-0.1, -0.05) is 0 Å². The summed E-state index contributed by atoms with van der Waals surface area (Å²) in [6, 6.07) is 3.62. The fourth-order valence-corrected chi connectivity index (χ4v) is 1.88. The molecule has 90 valence electrons. The van der Waals surface area contributed by atoms with E-state index in [1.807, 2.05) is 38.8 Å². The van der Waals surface area contributed by atoms with E-state index in [4.69, 9.17) is 0 Å². The second-order valence-electron chi connectivity index (χ2n) is 4.24. The third-order valence-electron chi connectivity index (χ3n) is 2.42. The molecule has 0 aliphatic heterocycles. The number of quaternary nitrogens is 1. The van der Waals surface area contributed by atoms with Gasteiger partial charge in [-0.2, -0.15) is 0 Å². The van der Waals surface area contributed by atoms with Crippen LogP contribution < -0.4 is 9.75 Å². The van der Waals surface area contributed by atoms with Crippen LogP contribution in [0.25, 0.3) is 11.2 Å². The molecule has 0 unspecified atom stereocenters. The zero-order valence-corrected chi connectivity index (χ0v) is 10.4. The van der Waals surface area contributed by atoms with E-state index in [2.05, 4.69) is 10.2 Å². The van der Waals surface area contributed by atoms with Crippen LogP contribution in [0.4, 0.5) is 0 Å². The minimum absolute atomic E-state index is 0.327. The molecular weight excluding hydrogens is 220 g/mol. The minimum atomic E-state index is 0.327. The summed E-state index contributed by atoms with van der Waals surface area (Å²) in [4.78, 5) is 5.64. The zero-order chi connectivity index (χ0) is 12.6. The van der Waals surface area contributed by atoms with E-state index in [0.29, 0.717) is 16.0 Å². The predicted octanol–water partition coefficient (Wildman–Crippen LogP) is -2.31. The molecule has 2 aromatic rings. The van der Waals surface area contributed by atoms with Gasteiger partial charge < -0.3 is 5.21 Å². The maximum absolute atomic E-state index is 11.6. The molecule has 0 radical (unpaired) electrons. The van der Waals surface area contributed by atoms with Gasteiger partial charge in [-0.15, -0.1) is 9.83 Å². The Morgan fingerprint density at radius 1 is 1.47 bits per heavy atom. The molecule has 0 amide bonds. The smallest absolute Gasteiger partial charge is 0.448 e. The van der Waals surface area contributed by atoms with Crippen LogP contribution in [0.2, 0.25) is 0 Å². The Hall–Kier alpha value is -2.02. The number of nitrogens with one attached hydrogen (secondary N) is 1. The highest BCUT2D eigenvalue weighted by atomic mass is 16.5. The van der Waals surface area contributed by atoms with Gasteiger partial charge in [-0.3, -0.25) is 0 Å². The lowest BCUT2D eigenvalue weighted by molar-refractivity contribution is -0.792. The summed E-state index contributed by atoms with van der Waals surface area (Å²) < 4.78 is 3.54. The Kier molecular flexibility index (Phi) is 2.76. The number of nitrogens with zero attached hydrogens (tertiary/aromatic N) is 5. The van der Waals surface area contributed by atoms with Gasteiger partial charge >= 0.3 is 11.6 Å². The predicted molar refractivity (Wildman–Crippen MR) is 61.8 cm³/mol. The van der Waals surface area contributed by atoms with Crippen molar-refractivity contribution in [2.45, 2.75) is 0 Å². The van der Waals surface area contributed by atoms with Gasteiger partial charge in [0.25, 0.3) is 0 Å². The standard InChI is InChI=1S/C10H15N6O/c1-13(2)10(14(3)4)15-8-6-5-7-11-9(8)16(17)12-15/h5-7H,1-4H3/q+1/p+1. The molecule has 0 atom stereocenters. The number of pyridine rings is 1. The van der Waals surface area contributed by atoms with E-state index in [1.54, 1.807) is 16.9 Å². The highest BCUT2D eigenvalue weighted by Gasteiger charge is 2.26. The molecule has 0 saturated heterocycles. The maximum atomic E-state index is 11.6. The molecule has 2 heterocycles. The van der Waals surface area contributed by atoms with Gasteiger partial charge in [0, 0.05) is 5.21 Å². The summed E-state index contributed by atoms with van der Waals surface area (Å²) in [5.41, 5.74) is 1.03. The molecule has 1 N–H and O–H groups in total. The summed E-state index contributed by atoms with van der Waals surface area (Å²) in [7, 11) is 7.80. The van der Waals surface area contributed by atoms with Crippen molar-refractivity contribution >= 4 is 17.1 Å². The number of hydrogen-bond acceptors (Lipinski definition) is 3. The fraction of sp³-hybridized carbons (Fsp3) is 0.400. The van der Waals surface area contributed by atoms with Gasteiger partial charge in [0.2, 0.25) is 5.52 Å². The van der Waals surface area contributed by atoms with Crippen molar-refractivity contribution in [2.75, 3.05) is 28.2 Å². The van der Waals surface area contributed by atoms with Crippen molar-refractivity contribution < 1.29 is 14.3 Å². The topological polar surface area (TPSA) is 65.1 Å². The second kappa shape index (κ2) is 4.10. The first kappa shape index (κ1) is 11.5. The summed E-state index contributed by atoms with van der Waals surface area (Å²) in [6.07, 6.45) is 1.58. The lowest BCUT2D eigenvalue weighted by Crippen LogP contribution is -3.10. The van der Waals surface area contributed by atoms with Gasteiger partial charge in [-0.05, 0) is 16.8 Å². The van der Waals surface area contributed by atoms with Crippen molar-refractivity contribution in [1.82, 2.24) is 14.9 Å². The molecule has 0 aliphatic rings. The lowest BCUT2D eigenvalue weighted by atomic mass is 10.4. The first-order valence-electron chi connectivity index (χ1n) is 5.31. The minimum Gasteiger partial charge on any atom is -0.721 e. The lowest BCUT2D eigenvalue weighted by Gasteiger charge is -2.06. The summed E-state index contributed by atoms with van der Waals surface area (Å²) >= 11 is 0. The van der Waals surface area contributed by atoms with Crippen molar-refractivity contribution in [2.24, 2.45) is 0 Å². The summed E-state index contributed by atoms with van der Waals surface area (Å²) in [6.45, 7) is 0. The number of hydrogen-bond donors (Lipinski definition) is 1. The number of fused-ring (bicyclic) bond motifs is 1. The van der Waals surface area contributed by atoms with Crippen LogP contribution in [0.1, 0.15) is 0 Å². The first-order chi connectivity index (χ1) is 8.02. The van der Waals surface area contributed by atoms with Crippen LogP contribution in [-0.4, -0.2) is 53.6 Å². The van der Waals surface area contributed by atoms with Crippen molar-refractivity contribution in [3.63, 3.8) is 0 Å². The van der Waals surface area contributed by atoms with E-state index in [0.717, 1.165) is 10.9 Å². The van der Waals surface area contributed by atoms with Crippen LogP contribution in [0.15, 0.2) is 18.3 Å². The van der Waals surface area contributed by atoms with Crippen LogP contribution in [0.5, 0.6) is 0 Å². The largest absolute Gasteiger partial charge is 0.721 e. The second-order valence-corrected chi connectivity index (χ2v) is 4.24. The van der Waals surface area contributed by atoms with Crippen molar-refractivity contribution in [1.29, 1.82) is 0 Å². The highest BCUT2D eigenvalue weighted by Crippen LogP contribution is 2.03. The quantitative estimate of drug-likeness (QED) is 0.242. The maximum Gasteiger partial charge on any atom is 0.448 e. The Bertz CT molecular complexity index is 581. The first-order valence-corrected chi connectivity index (χ1v) is 5.31. The Labute approximate surface area is 98.8 Å². The van der Waals surface area contributed by atoms with Gasteiger partial charge in [0.15, 0.2) is 0 Å². The molecule has 2 rings (SSSR count). The van der Waals surface area contributed by atoms with Crippen molar-refractivity contribution in [3.8, 4) is 0 Å². The fourth-order valence-electron chi connectivity index (χ4n) is 1.88. The van der Waals surface area contributed by atoms with Gasteiger partial charge in [0.05, 0.1) is 28.2 Å². The zero-order valence-electron chi connectivity index (χ0n) is 10.4.